The van der Waals surface area contributed by atoms with Gasteiger partial charge in [0.15, 0.2) is 0 Å². The number of likely N-dealkylation sites (N-methyl/N-ethyl adjacent to an activating group) is 1. The van der Waals surface area contributed by atoms with E-state index in [0.29, 0.717) is 50.8 Å². The number of sulfonamides is 1. The first-order chi connectivity index (χ1) is 12.3. The normalized spacial score (nSPS) is 16.6. The van der Waals surface area contributed by atoms with Gasteiger partial charge in [0.05, 0.1) is 11.4 Å². The molecule has 0 N–H and O–H groups in total. The van der Waals surface area contributed by atoms with Gasteiger partial charge in [-0.05, 0) is 25.5 Å². The average molecular weight is 384 g/mol. The summed E-state index contributed by atoms with van der Waals surface area (Å²) in [7, 11) is -0.0319. The van der Waals surface area contributed by atoms with Crippen molar-refractivity contribution in [2.45, 2.75) is 18.2 Å². The lowest BCUT2D eigenvalue weighted by Crippen LogP contribution is -2.51. The van der Waals surface area contributed by atoms with Gasteiger partial charge in [-0.2, -0.15) is 4.31 Å². The van der Waals surface area contributed by atoms with Crippen molar-refractivity contribution in [2.75, 3.05) is 60.0 Å². The standard InChI is InChI=1S/C18H29N3O4S/c1-16-5-7-17(8-6-16)26(23,24)21-12-10-20(11-13-21)15-18(22)19(2)9-4-14-25-3/h5-8H,4,9-15H2,1-3H3. The summed E-state index contributed by atoms with van der Waals surface area (Å²) in [5, 5.41) is 0. The Labute approximate surface area is 156 Å². The van der Waals surface area contributed by atoms with Crippen LogP contribution in [0.5, 0.6) is 0 Å². The summed E-state index contributed by atoms with van der Waals surface area (Å²) in [5.41, 5.74) is 1.03. The van der Waals surface area contributed by atoms with Crippen molar-refractivity contribution in [1.29, 1.82) is 0 Å². The first kappa shape index (κ1) is 20.8. The van der Waals surface area contributed by atoms with Crippen molar-refractivity contribution in [3.63, 3.8) is 0 Å². The second-order valence-electron chi connectivity index (χ2n) is 6.65. The van der Waals surface area contributed by atoms with Gasteiger partial charge in [-0.15, -0.1) is 0 Å². The van der Waals surface area contributed by atoms with Crippen LogP contribution in [-0.4, -0.2) is 88.5 Å². The van der Waals surface area contributed by atoms with E-state index >= 15 is 0 Å². The van der Waals surface area contributed by atoms with Crippen molar-refractivity contribution in [3.8, 4) is 0 Å². The van der Waals surface area contributed by atoms with Crippen LogP contribution in [0.1, 0.15) is 12.0 Å². The quantitative estimate of drug-likeness (QED) is 0.621. The summed E-state index contributed by atoms with van der Waals surface area (Å²) < 4.78 is 31.9. The Kier molecular flexibility index (Phi) is 7.57. The largest absolute Gasteiger partial charge is 0.385 e. The van der Waals surface area contributed by atoms with Gasteiger partial charge in [-0.25, -0.2) is 8.42 Å². The highest BCUT2D eigenvalue weighted by atomic mass is 32.2. The molecule has 0 spiro atoms. The third-order valence-corrected chi connectivity index (χ3v) is 6.53. The summed E-state index contributed by atoms with van der Waals surface area (Å²) in [5.74, 6) is 0.0518. The van der Waals surface area contributed by atoms with Crippen LogP contribution in [0.25, 0.3) is 0 Å². The van der Waals surface area contributed by atoms with E-state index in [9.17, 15) is 13.2 Å². The van der Waals surface area contributed by atoms with E-state index in [-0.39, 0.29) is 5.91 Å². The van der Waals surface area contributed by atoms with Gasteiger partial charge in [0.1, 0.15) is 0 Å². The van der Waals surface area contributed by atoms with E-state index in [1.165, 1.54) is 4.31 Å². The maximum Gasteiger partial charge on any atom is 0.243 e. The van der Waals surface area contributed by atoms with Gasteiger partial charge >= 0.3 is 0 Å². The predicted molar refractivity (Wildman–Crippen MR) is 101 cm³/mol. The summed E-state index contributed by atoms with van der Waals surface area (Å²) in [6, 6.07) is 6.91. The van der Waals surface area contributed by atoms with Crippen molar-refractivity contribution in [1.82, 2.24) is 14.1 Å². The van der Waals surface area contributed by atoms with Crippen LogP contribution in [0.2, 0.25) is 0 Å². The molecular formula is C18H29N3O4S. The van der Waals surface area contributed by atoms with Gasteiger partial charge in [0.25, 0.3) is 0 Å². The maximum atomic E-state index is 12.7. The third kappa shape index (κ3) is 5.51. The molecule has 0 radical (unpaired) electrons. The monoisotopic (exact) mass is 383 g/mol. The number of benzene rings is 1. The molecule has 1 heterocycles. The zero-order chi connectivity index (χ0) is 19.2. The maximum absolute atomic E-state index is 12.7. The van der Waals surface area contributed by atoms with Crippen LogP contribution >= 0.6 is 0 Å². The molecule has 0 bridgehead atoms. The topological polar surface area (TPSA) is 70.2 Å². The smallest absolute Gasteiger partial charge is 0.243 e. The molecule has 8 heteroatoms. The molecule has 1 saturated heterocycles. The minimum absolute atomic E-state index is 0.0518. The molecule has 1 aliphatic rings. The van der Waals surface area contributed by atoms with Crippen LogP contribution in [0.4, 0.5) is 0 Å². The fraction of sp³-hybridized carbons (Fsp3) is 0.611. The summed E-state index contributed by atoms with van der Waals surface area (Å²) in [6.07, 6.45) is 0.807. The summed E-state index contributed by atoms with van der Waals surface area (Å²) in [6.45, 7) is 5.46. The SMILES string of the molecule is COCCCN(C)C(=O)CN1CCN(S(=O)(=O)c2ccc(C)cc2)CC1. The van der Waals surface area contributed by atoms with Crippen molar-refractivity contribution < 1.29 is 17.9 Å². The van der Waals surface area contributed by atoms with E-state index in [1.54, 1.807) is 43.3 Å². The molecule has 1 aromatic carbocycles. The molecule has 1 amide bonds. The van der Waals surface area contributed by atoms with Gasteiger partial charge in [-0.1, -0.05) is 17.7 Å². The van der Waals surface area contributed by atoms with Crippen LogP contribution < -0.4 is 0 Å². The Bertz CT molecular complexity index is 683. The summed E-state index contributed by atoms with van der Waals surface area (Å²) >= 11 is 0. The Hall–Kier alpha value is -1.48. The lowest BCUT2D eigenvalue weighted by molar-refractivity contribution is -0.131. The Balaban J connectivity index is 1.84. The molecule has 146 valence electrons. The molecule has 26 heavy (non-hydrogen) atoms. The van der Waals surface area contributed by atoms with Crippen molar-refractivity contribution in [2.24, 2.45) is 0 Å². The minimum atomic E-state index is -3.46. The molecule has 0 saturated carbocycles. The van der Waals surface area contributed by atoms with Gasteiger partial charge in [-0.3, -0.25) is 9.69 Å². The molecular weight excluding hydrogens is 354 g/mol. The number of hydrogen-bond acceptors (Lipinski definition) is 5. The highest BCUT2D eigenvalue weighted by Gasteiger charge is 2.29. The molecule has 1 aromatic rings. The van der Waals surface area contributed by atoms with Crippen LogP contribution in [-0.2, 0) is 19.6 Å². The van der Waals surface area contributed by atoms with Crippen LogP contribution in [0.3, 0.4) is 0 Å². The van der Waals surface area contributed by atoms with Gasteiger partial charge < -0.3 is 9.64 Å². The number of carbonyl (C=O) groups excluding carboxylic acids is 1. The van der Waals surface area contributed by atoms with E-state index in [2.05, 4.69) is 0 Å². The van der Waals surface area contributed by atoms with Crippen molar-refractivity contribution >= 4 is 15.9 Å². The fourth-order valence-electron chi connectivity index (χ4n) is 2.87. The number of hydrogen-bond donors (Lipinski definition) is 0. The number of amides is 1. The number of methoxy groups -OCH3 is 1. The van der Waals surface area contributed by atoms with Gasteiger partial charge in [0.2, 0.25) is 15.9 Å². The van der Waals surface area contributed by atoms with E-state index < -0.39 is 10.0 Å². The Morgan fingerprint density at radius 2 is 1.77 bits per heavy atom. The fourth-order valence-corrected chi connectivity index (χ4v) is 4.29. The van der Waals surface area contributed by atoms with E-state index in [4.69, 9.17) is 4.74 Å². The second kappa shape index (κ2) is 9.45. The number of aryl methyl sites for hydroxylation is 1. The van der Waals surface area contributed by atoms with E-state index in [0.717, 1.165) is 12.0 Å². The number of rotatable bonds is 8. The average Bonchev–Trinajstić information content (AvgIpc) is 2.62. The highest BCUT2D eigenvalue weighted by molar-refractivity contribution is 7.89. The number of nitrogens with zero attached hydrogens (tertiary/aromatic N) is 3. The van der Waals surface area contributed by atoms with Crippen LogP contribution in [0, 0.1) is 6.92 Å². The highest BCUT2D eigenvalue weighted by Crippen LogP contribution is 2.18. The van der Waals surface area contributed by atoms with Gasteiger partial charge in [0, 0.05) is 53.5 Å². The van der Waals surface area contributed by atoms with E-state index in [1.807, 2.05) is 11.8 Å². The Morgan fingerprint density at radius 1 is 1.15 bits per heavy atom. The molecule has 0 unspecified atom stereocenters. The number of piperazine rings is 1. The molecule has 1 aliphatic heterocycles. The lowest BCUT2D eigenvalue weighted by atomic mass is 10.2. The van der Waals surface area contributed by atoms with Crippen molar-refractivity contribution in [3.05, 3.63) is 29.8 Å². The zero-order valence-electron chi connectivity index (χ0n) is 15.8. The first-order valence-corrected chi connectivity index (χ1v) is 10.3. The molecule has 1 fully saturated rings. The zero-order valence-corrected chi connectivity index (χ0v) is 16.7. The minimum Gasteiger partial charge on any atom is -0.385 e. The predicted octanol–water partition coefficient (Wildman–Crippen LogP) is 0.796. The molecule has 0 aromatic heterocycles. The van der Waals surface area contributed by atoms with Crippen LogP contribution in [0.15, 0.2) is 29.2 Å². The summed E-state index contributed by atoms with van der Waals surface area (Å²) in [4.78, 5) is 16.3. The Morgan fingerprint density at radius 3 is 2.35 bits per heavy atom. The molecule has 7 nitrogen and oxygen atoms in total. The number of carbonyl (C=O) groups is 1. The number of ether oxygens (including phenoxy) is 1. The lowest BCUT2D eigenvalue weighted by Gasteiger charge is -2.34. The third-order valence-electron chi connectivity index (χ3n) is 4.62. The molecule has 0 atom stereocenters. The molecule has 0 aliphatic carbocycles. The second-order valence-corrected chi connectivity index (χ2v) is 8.59. The first-order valence-electron chi connectivity index (χ1n) is 8.86. The molecule has 2 rings (SSSR count).